The molecular weight excluding hydrogens is 800 g/mol. The molecule has 6 aromatic rings. The summed E-state index contributed by atoms with van der Waals surface area (Å²) in [5.74, 6) is -4.76. The van der Waals surface area contributed by atoms with Gasteiger partial charge in [-0.25, -0.2) is 37.1 Å². The van der Waals surface area contributed by atoms with Crippen LogP contribution in [0.4, 0.5) is 40.6 Å². The molecule has 56 heavy (non-hydrogen) atoms. The van der Waals surface area contributed by atoms with Crippen molar-refractivity contribution in [3.63, 3.8) is 0 Å². The van der Waals surface area contributed by atoms with Crippen LogP contribution in [0.2, 0.25) is 0 Å². The van der Waals surface area contributed by atoms with Crippen molar-refractivity contribution in [2.45, 2.75) is 20.3 Å². The number of halogens is 5. The highest BCUT2D eigenvalue weighted by atomic mass is 79.9. The number of nitrogens with one attached hydrogen (secondary N) is 2. The van der Waals surface area contributed by atoms with Gasteiger partial charge in [0.15, 0.2) is 0 Å². The van der Waals surface area contributed by atoms with Crippen LogP contribution in [-0.2, 0) is 6.42 Å². The number of carboxylic acids is 2. The maximum atomic E-state index is 14.7. The largest absolute Gasteiger partial charge is 0.497 e. The van der Waals surface area contributed by atoms with Gasteiger partial charge in [-0.1, -0.05) is 31.2 Å². The Kier molecular flexibility index (Phi) is 13.3. The van der Waals surface area contributed by atoms with Gasteiger partial charge in [0, 0.05) is 28.5 Å². The molecule has 4 N–H and O–H groups in total. The third-order valence-corrected chi connectivity index (χ3v) is 8.56. The Morgan fingerprint density at radius 1 is 0.696 bits per heavy atom. The SMILES string of the molecule is CCOc1cccc(-c2cc(F)c(Nc3ncc(Br)cc3C(=O)O)cc2F)c1.CCc1cnc(Nc2c(F)cc(-c3cccc(OC)c3)cc2F)c(C(=O)O)c1. The number of methoxy groups -OCH3 is 1. The van der Waals surface area contributed by atoms with Gasteiger partial charge in [0.25, 0.3) is 0 Å². The number of rotatable bonds is 12. The van der Waals surface area contributed by atoms with E-state index in [4.69, 9.17) is 9.47 Å². The van der Waals surface area contributed by atoms with E-state index in [1.165, 1.54) is 43.8 Å². The molecule has 15 heteroatoms. The molecule has 0 amide bonds. The zero-order valence-electron chi connectivity index (χ0n) is 30.0. The van der Waals surface area contributed by atoms with E-state index in [1.807, 2.05) is 13.8 Å². The Bertz CT molecular complexity index is 2390. The summed E-state index contributed by atoms with van der Waals surface area (Å²) >= 11 is 3.13. The summed E-state index contributed by atoms with van der Waals surface area (Å²) in [7, 11) is 1.50. The van der Waals surface area contributed by atoms with Gasteiger partial charge in [-0.15, -0.1) is 0 Å². The fourth-order valence-electron chi connectivity index (χ4n) is 5.36. The van der Waals surface area contributed by atoms with Gasteiger partial charge >= 0.3 is 11.9 Å². The van der Waals surface area contributed by atoms with E-state index >= 15 is 0 Å². The van der Waals surface area contributed by atoms with Crippen LogP contribution in [0.1, 0.15) is 40.1 Å². The summed E-state index contributed by atoms with van der Waals surface area (Å²) in [6.45, 7) is 4.14. The number of pyridine rings is 2. The van der Waals surface area contributed by atoms with Crippen molar-refractivity contribution in [3.05, 3.63) is 142 Å². The van der Waals surface area contributed by atoms with Crippen LogP contribution in [0, 0.1) is 23.3 Å². The van der Waals surface area contributed by atoms with Crippen LogP contribution in [0.15, 0.2) is 102 Å². The molecule has 0 radical (unpaired) electrons. The smallest absolute Gasteiger partial charge is 0.339 e. The molecule has 0 saturated heterocycles. The van der Waals surface area contributed by atoms with Crippen molar-refractivity contribution in [2.75, 3.05) is 24.4 Å². The Balaban J connectivity index is 0.000000214. The van der Waals surface area contributed by atoms with Crippen molar-refractivity contribution in [2.24, 2.45) is 0 Å². The number of hydrogen-bond donors (Lipinski definition) is 4. The second-order valence-corrected chi connectivity index (χ2v) is 12.7. The van der Waals surface area contributed by atoms with Gasteiger partial charge in [-0.05, 0) is 106 Å². The number of nitrogens with zero attached hydrogens (tertiary/aromatic N) is 2. The van der Waals surface area contributed by atoms with Gasteiger partial charge in [0.1, 0.15) is 63.2 Å². The number of aromatic carboxylic acids is 2. The molecule has 4 aromatic carbocycles. The number of benzene rings is 4. The molecule has 2 heterocycles. The number of aromatic nitrogens is 2. The number of anilines is 4. The molecule has 0 bridgehead atoms. The molecule has 6 rings (SSSR count). The standard InChI is InChI=1S/C21H18F2N2O3.C20H15BrF2N2O3/c1-3-12-7-16(21(26)27)20(24-11-12)25-19-17(22)9-14(10-18(19)23)13-5-4-6-15(8-13)28-2;1-2-28-13-5-3-4-11(6-13)14-8-17(23)18(9-16(14)22)25-19-15(20(26)27)7-12(21)10-24-19/h4-11H,3H2,1-2H3,(H,24,25)(H,26,27);3-10H,2H2,1H3,(H,24,25)(H,26,27). The maximum absolute atomic E-state index is 14.7. The van der Waals surface area contributed by atoms with Crippen LogP contribution >= 0.6 is 15.9 Å². The summed E-state index contributed by atoms with van der Waals surface area (Å²) in [5.41, 5.74) is 1.11. The molecule has 10 nitrogen and oxygen atoms in total. The Hall–Kier alpha value is -6.48. The highest BCUT2D eigenvalue weighted by Gasteiger charge is 2.19. The molecule has 2 aromatic heterocycles. The molecule has 0 aliphatic heterocycles. The zero-order valence-corrected chi connectivity index (χ0v) is 31.5. The maximum Gasteiger partial charge on any atom is 0.339 e. The van der Waals surface area contributed by atoms with Gasteiger partial charge in [-0.2, -0.15) is 0 Å². The second kappa shape index (κ2) is 18.2. The molecule has 0 fully saturated rings. The van der Waals surface area contributed by atoms with Crippen LogP contribution in [-0.4, -0.2) is 45.8 Å². The first-order valence-corrected chi connectivity index (χ1v) is 17.6. The quantitative estimate of drug-likeness (QED) is 0.0880. The van der Waals surface area contributed by atoms with E-state index in [2.05, 4.69) is 36.5 Å². The van der Waals surface area contributed by atoms with Crippen molar-refractivity contribution in [3.8, 4) is 33.8 Å². The third-order valence-electron chi connectivity index (χ3n) is 8.12. The highest BCUT2D eigenvalue weighted by molar-refractivity contribution is 9.10. The van der Waals surface area contributed by atoms with Crippen LogP contribution in [0.5, 0.6) is 11.5 Å². The predicted octanol–water partition coefficient (Wildman–Crippen LogP) is 10.7. The first kappa shape index (κ1) is 40.7. The molecule has 0 saturated carbocycles. The van der Waals surface area contributed by atoms with E-state index in [0.717, 1.165) is 12.1 Å². The Labute approximate surface area is 326 Å². The number of hydrogen-bond acceptors (Lipinski definition) is 8. The summed E-state index contributed by atoms with van der Waals surface area (Å²) in [6.07, 6.45) is 3.41. The first-order valence-electron chi connectivity index (χ1n) is 16.8. The number of carboxylic acid groups (broad SMARTS) is 2. The summed E-state index contributed by atoms with van der Waals surface area (Å²) in [4.78, 5) is 30.8. The Morgan fingerprint density at radius 3 is 1.95 bits per heavy atom. The minimum Gasteiger partial charge on any atom is -0.497 e. The third kappa shape index (κ3) is 9.78. The predicted molar refractivity (Wildman–Crippen MR) is 207 cm³/mol. The Morgan fingerprint density at radius 2 is 1.30 bits per heavy atom. The number of ether oxygens (including phenoxy) is 2. The van der Waals surface area contributed by atoms with Gasteiger partial charge in [-0.3, -0.25) is 0 Å². The minimum absolute atomic E-state index is 0.0619. The minimum atomic E-state index is -1.25. The summed E-state index contributed by atoms with van der Waals surface area (Å²) in [5, 5.41) is 23.7. The fourth-order valence-corrected chi connectivity index (χ4v) is 5.69. The molecule has 0 spiro atoms. The fraction of sp³-hybridized carbons (Fsp3) is 0.122. The van der Waals surface area contributed by atoms with Gasteiger partial charge < -0.3 is 30.3 Å². The summed E-state index contributed by atoms with van der Waals surface area (Å²) < 4.78 is 69.5. The van der Waals surface area contributed by atoms with Crippen molar-refractivity contribution in [1.29, 1.82) is 0 Å². The van der Waals surface area contributed by atoms with Crippen LogP contribution < -0.4 is 20.1 Å². The lowest BCUT2D eigenvalue weighted by molar-refractivity contribution is 0.0686. The van der Waals surface area contributed by atoms with Gasteiger partial charge in [0.2, 0.25) is 0 Å². The monoisotopic (exact) mass is 832 g/mol. The van der Waals surface area contributed by atoms with E-state index in [1.54, 1.807) is 48.5 Å². The average Bonchev–Trinajstić information content (AvgIpc) is 3.18. The molecule has 288 valence electrons. The van der Waals surface area contributed by atoms with Crippen molar-refractivity contribution in [1.82, 2.24) is 9.97 Å². The lowest BCUT2D eigenvalue weighted by atomic mass is 10.0. The summed E-state index contributed by atoms with van der Waals surface area (Å²) in [6, 6.07) is 20.6. The van der Waals surface area contributed by atoms with E-state index in [9.17, 15) is 37.4 Å². The first-order chi connectivity index (χ1) is 26.8. The van der Waals surface area contributed by atoms with Crippen molar-refractivity contribution >= 4 is 50.9 Å². The highest BCUT2D eigenvalue weighted by Crippen LogP contribution is 2.33. The average molecular weight is 834 g/mol. The lowest BCUT2D eigenvalue weighted by Crippen LogP contribution is -2.08. The number of aryl methyl sites for hydroxylation is 1. The van der Waals surface area contributed by atoms with E-state index in [0.29, 0.717) is 51.3 Å². The molecule has 0 aliphatic rings. The molecule has 0 atom stereocenters. The normalized spacial score (nSPS) is 10.6. The molecule has 0 unspecified atom stereocenters. The van der Waals surface area contributed by atoms with Crippen LogP contribution in [0.25, 0.3) is 22.3 Å². The topological polar surface area (TPSA) is 143 Å². The van der Waals surface area contributed by atoms with E-state index in [-0.39, 0.29) is 34.0 Å². The van der Waals surface area contributed by atoms with Crippen molar-refractivity contribution < 1.29 is 46.8 Å². The lowest BCUT2D eigenvalue weighted by Gasteiger charge is -2.13. The number of carbonyl (C=O) groups is 2. The van der Waals surface area contributed by atoms with Crippen LogP contribution in [0.3, 0.4) is 0 Å². The zero-order chi connectivity index (χ0) is 40.5. The molecular formula is C41H33BrF4N4O6. The second-order valence-electron chi connectivity index (χ2n) is 11.8. The van der Waals surface area contributed by atoms with E-state index < -0.39 is 40.9 Å². The molecule has 0 aliphatic carbocycles. The van der Waals surface area contributed by atoms with Gasteiger partial charge in [0.05, 0.1) is 19.4 Å².